The van der Waals surface area contributed by atoms with Gasteiger partial charge in [0.1, 0.15) is 5.82 Å². The lowest BCUT2D eigenvalue weighted by molar-refractivity contribution is -0.132. The lowest BCUT2D eigenvalue weighted by Gasteiger charge is -2.51. The van der Waals surface area contributed by atoms with Crippen LogP contribution in [0, 0.1) is 5.41 Å². The number of nitrogens with two attached hydrogens (primary N) is 1. The molecule has 1 aromatic heterocycles. The van der Waals surface area contributed by atoms with E-state index in [9.17, 15) is 9.59 Å². The fraction of sp³-hybridized carbons (Fsp3) is 0.577. The van der Waals surface area contributed by atoms with Crippen LogP contribution in [0.4, 0.5) is 5.82 Å². The van der Waals surface area contributed by atoms with Gasteiger partial charge in [0.05, 0.1) is 12.3 Å². The second-order valence-electron chi connectivity index (χ2n) is 10.4. The van der Waals surface area contributed by atoms with Crippen molar-refractivity contribution < 1.29 is 9.90 Å². The van der Waals surface area contributed by atoms with Gasteiger partial charge in [0.25, 0.3) is 0 Å². The van der Waals surface area contributed by atoms with Gasteiger partial charge in [-0.3, -0.25) is 14.3 Å². The second kappa shape index (κ2) is 10.1. The number of hydrogen-bond donors (Lipinski definition) is 2. The molecule has 3 heterocycles. The second-order valence-corrected chi connectivity index (χ2v) is 10.4. The van der Waals surface area contributed by atoms with Crippen LogP contribution in [0.1, 0.15) is 37.7 Å². The molecular formula is C26H36N6O3. The zero-order chi connectivity index (χ0) is 24.4. The molecule has 1 amide bonds. The van der Waals surface area contributed by atoms with E-state index in [0.29, 0.717) is 43.5 Å². The van der Waals surface area contributed by atoms with Gasteiger partial charge in [0.15, 0.2) is 0 Å². The number of hydrogen-bond acceptors (Lipinski definition) is 7. The van der Waals surface area contributed by atoms with E-state index in [-0.39, 0.29) is 24.6 Å². The van der Waals surface area contributed by atoms with Gasteiger partial charge in [0, 0.05) is 51.4 Å². The first-order valence-electron chi connectivity index (χ1n) is 12.8. The van der Waals surface area contributed by atoms with Crippen molar-refractivity contribution in [3.8, 4) is 5.69 Å². The van der Waals surface area contributed by atoms with Gasteiger partial charge in [-0.1, -0.05) is 12.1 Å². The smallest absolute Gasteiger partial charge is 0.354 e. The molecule has 0 unspecified atom stereocenters. The Morgan fingerprint density at radius 2 is 1.71 bits per heavy atom. The molecule has 9 nitrogen and oxygen atoms in total. The molecular weight excluding hydrogens is 444 g/mol. The number of aliphatic hydroxyl groups excluding tert-OH is 1. The summed E-state index contributed by atoms with van der Waals surface area (Å²) in [6.45, 7) is 5.43. The minimum absolute atomic E-state index is 0.0359. The van der Waals surface area contributed by atoms with E-state index in [1.54, 1.807) is 15.7 Å². The number of piperidine rings is 1. The van der Waals surface area contributed by atoms with Crippen molar-refractivity contribution in [1.29, 1.82) is 0 Å². The number of carbonyl (C=O) groups excluding carboxylic acids is 1. The molecule has 1 spiro atoms. The molecule has 3 N–H and O–H groups in total. The highest BCUT2D eigenvalue weighted by Gasteiger charge is 2.44. The van der Waals surface area contributed by atoms with Gasteiger partial charge in [-0.25, -0.2) is 4.79 Å². The predicted octanol–water partition coefficient (Wildman–Crippen LogP) is 0.967. The third-order valence-corrected chi connectivity index (χ3v) is 8.00. The van der Waals surface area contributed by atoms with Crippen LogP contribution >= 0.6 is 0 Å². The minimum Gasteiger partial charge on any atom is -0.396 e. The van der Waals surface area contributed by atoms with E-state index in [4.69, 9.17) is 10.8 Å². The Morgan fingerprint density at radius 3 is 2.31 bits per heavy atom. The predicted molar refractivity (Wildman–Crippen MR) is 134 cm³/mol. The molecule has 3 aliphatic rings. The molecule has 3 fully saturated rings. The van der Waals surface area contributed by atoms with Gasteiger partial charge in [-0.05, 0) is 68.0 Å². The summed E-state index contributed by atoms with van der Waals surface area (Å²) in [6, 6.07) is 10.4. The van der Waals surface area contributed by atoms with Crippen molar-refractivity contribution >= 4 is 11.7 Å². The van der Waals surface area contributed by atoms with E-state index in [1.807, 2.05) is 23.1 Å². The van der Waals surface area contributed by atoms with Crippen LogP contribution in [0.2, 0.25) is 0 Å². The number of rotatable bonds is 6. The Hall–Kier alpha value is -2.75. The Kier molecular flexibility index (Phi) is 6.91. The van der Waals surface area contributed by atoms with Gasteiger partial charge < -0.3 is 20.6 Å². The number of benzene rings is 1. The van der Waals surface area contributed by atoms with Crippen molar-refractivity contribution in [3.05, 3.63) is 52.6 Å². The van der Waals surface area contributed by atoms with Crippen LogP contribution in [0.25, 0.3) is 5.69 Å². The zero-order valence-corrected chi connectivity index (χ0v) is 20.3. The first-order chi connectivity index (χ1) is 16.9. The summed E-state index contributed by atoms with van der Waals surface area (Å²) in [4.78, 5) is 35.3. The number of likely N-dealkylation sites (tertiary alicyclic amines) is 1. The molecule has 9 heteroatoms. The molecule has 0 bridgehead atoms. The van der Waals surface area contributed by atoms with Crippen molar-refractivity contribution in [2.45, 2.75) is 44.7 Å². The fourth-order valence-corrected chi connectivity index (χ4v) is 5.87. The topological polar surface area (TPSA) is 108 Å². The van der Waals surface area contributed by atoms with E-state index in [1.165, 1.54) is 31.2 Å². The lowest BCUT2D eigenvalue weighted by atomic mass is 9.61. The standard InChI is InChI=1S/C26H36N6O3/c27-21-17-26(18-21)7-10-29(11-8-26)19-20-1-3-22(4-2-20)32-9-5-23(28-25(32)35)30-12-14-31(15-13-30)24(34)6-16-33/h1-5,9,21,33H,6-8,10-19,27H2. The first kappa shape index (κ1) is 24.0. The highest BCUT2D eigenvalue weighted by atomic mass is 16.3. The highest BCUT2D eigenvalue weighted by Crippen LogP contribution is 2.48. The third kappa shape index (κ3) is 5.27. The Balaban J connectivity index is 1.16. The largest absolute Gasteiger partial charge is 0.396 e. The molecule has 188 valence electrons. The van der Waals surface area contributed by atoms with E-state index >= 15 is 0 Å². The zero-order valence-electron chi connectivity index (χ0n) is 20.3. The van der Waals surface area contributed by atoms with Crippen molar-refractivity contribution in [2.24, 2.45) is 11.1 Å². The Labute approximate surface area is 206 Å². The summed E-state index contributed by atoms with van der Waals surface area (Å²) in [5.41, 5.74) is 8.28. The van der Waals surface area contributed by atoms with Gasteiger partial charge in [0.2, 0.25) is 5.91 Å². The summed E-state index contributed by atoms with van der Waals surface area (Å²) in [7, 11) is 0. The number of carbonyl (C=O) groups is 1. The number of piperazine rings is 1. The normalized spacial score (nSPS) is 20.7. The van der Waals surface area contributed by atoms with Crippen molar-refractivity contribution in [3.63, 3.8) is 0 Å². The summed E-state index contributed by atoms with van der Waals surface area (Å²) in [6.07, 6.45) is 6.81. The molecule has 5 rings (SSSR count). The van der Waals surface area contributed by atoms with Crippen LogP contribution in [0.3, 0.4) is 0 Å². The third-order valence-electron chi connectivity index (χ3n) is 8.00. The molecule has 1 aromatic carbocycles. The van der Waals surface area contributed by atoms with Crippen LogP contribution in [0.5, 0.6) is 0 Å². The fourth-order valence-electron chi connectivity index (χ4n) is 5.87. The van der Waals surface area contributed by atoms with Gasteiger partial charge in [-0.15, -0.1) is 0 Å². The SMILES string of the molecule is NC1CC2(CCN(Cc3ccc(-n4ccc(N5CCN(C(=O)CCO)CC5)nc4=O)cc3)CC2)C1. The van der Waals surface area contributed by atoms with Crippen LogP contribution in [0.15, 0.2) is 41.3 Å². The molecule has 1 saturated carbocycles. The van der Waals surface area contributed by atoms with Crippen molar-refractivity contribution in [1.82, 2.24) is 19.4 Å². The maximum Gasteiger partial charge on any atom is 0.354 e. The molecule has 0 atom stereocenters. The lowest BCUT2D eigenvalue weighted by Crippen LogP contribution is -2.51. The average Bonchev–Trinajstić information content (AvgIpc) is 2.85. The van der Waals surface area contributed by atoms with E-state index in [2.05, 4.69) is 22.0 Å². The summed E-state index contributed by atoms with van der Waals surface area (Å²) < 4.78 is 1.57. The minimum atomic E-state index is -0.311. The molecule has 0 radical (unpaired) electrons. The van der Waals surface area contributed by atoms with E-state index in [0.717, 1.165) is 25.3 Å². The Morgan fingerprint density at radius 1 is 1.03 bits per heavy atom. The quantitative estimate of drug-likeness (QED) is 0.634. The maximum absolute atomic E-state index is 12.8. The molecule has 2 aromatic rings. The molecule has 35 heavy (non-hydrogen) atoms. The van der Waals surface area contributed by atoms with Crippen LogP contribution in [-0.4, -0.2) is 82.3 Å². The monoisotopic (exact) mass is 480 g/mol. The number of aromatic nitrogens is 2. The number of nitrogens with zero attached hydrogens (tertiary/aromatic N) is 5. The summed E-state index contributed by atoms with van der Waals surface area (Å²) >= 11 is 0. The van der Waals surface area contributed by atoms with Gasteiger partial charge >= 0.3 is 5.69 Å². The van der Waals surface area contributed by atoms with Gasteiger partial charge in [-0.2, -0.15) is 4.98 Å². The van der Waals surface area contributed by atoms with Crippen LogP contribution in [-0.2, 0) is 11.3 Å². The van der Waals surface area contributed by atoms with Crippen molar-refractivity contribution in [2.75, 3.05) is 50.8 Å². The number of anilines is 1. The summed E-state index contributed by atoms with van der Waals surface area (Å²) in [5.74, 6) is 0.596. The number of amides is 1. The highest BCUT2D eigenvalue weighted by molar-refractivity contribution is 5.76. The number of aliphatic hydroxyl groups is 1. The summed E-state index contributed by atoms with van der Waals surface area (Å²) in [5, 5.41) is 8.96. The molecule has 1 aliphatic carbocycles. The molecule has 2 saturated heterocycles. The van der Waals surface area contributed by atoms with E-state index < -0.39 is 0 Å². The van der Waals surface area contributed by atoms with Crippen LogP contribution < -0.4 is 16.3 Å². The first-order valence-corrected chi connectivity index (χ1v) is 12.8. The average molecular weight is 481 g/mol. The Bertz CT molecular complexity index is 1080. The molecule has 2 aliphatic heterocycles. The maximum atomic E-state index is 12.8.